The predicted molar refractivity (Wildman–Crippen MR) is 123 cm³/mol. The highest BCUT2D eigenvalue weighted by Gasteiger charge is 2.18. The van der Waals surface area contributed by atoms with Gasteiger partial charge >= 0.3 is 0 Å². The van der Waals surface area contributed by atoms with Gasteiger partial charge in [-0.3, -0.25) is 10.1 Å². The summed E-state index contributed by atoms with van der Waals surface area (Å²) in [6.07, 6.45) is 2.48. The molecule has 0 spiro atoms. The van der Waals surface area contributed by atoms with Gasteiger partial charge in [0.2, 0.25) is 0 Å². The number of aryl methyl sites for hydroxylation is 1. The number of benzene rings is 2. The first kappa shape index (κ1) is 20.9. The van der Waals surface area contributed by atoms with E-state index < -0.39 is 0 Å². The van der Waals surface area contributed by atoms with Crippen molar-refractivity contribution < 1.29 is 9.21 Å². The molecular weight excluding hydrogens is 463 g/mol. The summed E-state index contributed by atoms with van der Waals surface area (Å²) in [6, 6.07) is 14.4. The van der Waals surface area contributed by atoms with Crippen LogP contribution in [-0.2, 0) is 6.42 Å². The van der Waals surface area contributed by atoms with E-state index in [4.69, 9.17) is 39.2 Å². The van der Waals surface area contributed by atoms with Crippen molar-refractivity contribution in [2.24, 2.45) is 0 Å². The summed E-state index contributed by atoms with van der Waals surface area (Å²) in [5, 5.41) is 5.05. The van der Waals surface area contributed by atoms with Gasteiger partial charge in [-0.2, -0.15) is 0 Å². The lowest BCUT2D eigenvalue weighted by Crippen LogP contribution is -2.11. The molecule has 0 aliphatic rings. The molecule has 2 aromatic carbocycles. The van der Waals surface area contributed by atoms with Gasteiger partial charge in [0.15, 0.2) is 5.13 Å². The number of hydrogen-bond acceptors (Lipinski definition) is 4. The Labute approximate surface area is 192 Å². The standard InChI is InChI=1S/C22H15Cl3N2O2S/c1-12-19(10-20(29-12)14-7-16(24)9-17(25)8-14)21(28)27-22-26-11-18(30-22)6-13-2-4-15(23)5-3-13/h2-5,7-11H,6H2,1H3,(H,26,27,28). The number of carbonyl (C=O) groups excluding carboxylic acids is 1. The number of anilines is 1. The van der Waals surface area contributed by atoms with E-state index >= 15 is 0 Å². The van der Waals surface area contributed by atoms with Gasteiger partial charge in [0.1, 0.15) is 11.5 Å². The van der Waals surface area contributed by atoms with Crippen molar-refractivity contribution in [2.75, 3.05) is 5.32 Å². The number of furan rings is 1. The molecule has 0 radical (unpaired) electrons. The molecule has 4 nitrogen and oxygen atoms in total. The smallest absolute Gasteiger partial charge is 0.261 e. The van der Waals surface area contributed by atoms with Crippen molar-refractivity contribution in [3.63, 3.8) is 0 Å². The summed E-state index contributed by atoms with van der Waals surface area (Å²) in [5.74, 6) is 0.726. The molecule has 4 aromatic rings. The molecule has 1 N–H and O–H groups in total. The van der Waals surface area contributed by atoms with Crippen LogP contribution in [0.1, 0.15) is 26.6 Å². The van der Waals surface area contributed by atoms with Crippen molar-refractivity contribution in [3.8, 4) is 11.3 Å². The molecular formula is C22H15Cl3N2O2S. The van der Waals surface area contributed by atoms with Crippen LogP contribution in [0.4, 0.5) is 5.13 Å². The van der Waals surface area contributed by atoms with E-state index in [1.165, 1.54) is 11.3 Å². The summed E-state index contributed by atoms with van der Waals surface area (Å²) in [6.45, 7) is 1.73. The largest absolute Gasteiger partial charge is 0.461 e. The summed E-state index contributed by atoms with van der Waals surface area (Å²) in [4.78, 5) is 18.1. The highest BCUT2D eigenvalue weighted by molar-refractivity contribution is 7.15. The van der Waals surface area contributed by atoms with Crippen LogP contribution in [0.5, 0.6) is 0 Å². The maximum absolute atomic E-state index is 12.7. The molecule has 0 saturated carbocycles. The highest BCUT2D eigenvalue weighted by atomic mass is 35.5. The number of rotatable bonds is 5. The molecule has 2 aromatic heterocycles. The van der Waals surface area contributed by atoms with E-state index in [0.29, 0.717) is 42.8 Å². The summed E-state index contributed by atoms with van der Waals surface area (Å²) < 4.78 is 5.76. The Kier molecular flexibility index (Phi) is 6.16. The SMILES string of the molecule is Cc1oc(-c2cc(Cl)cc(Cl)c2)cc1C(=O)Nc1ncc(Cc2ccc(Cl)cc2)s1. The predicted octanol–water partition coefficient (Wildman–Crippen LogP) is 7.51. The highest BCUT2D eigenvalue weighted by Crippen LogP contribution is 2.31. The third-order valence-electron chi connectivity index (χ3n) is 4.38. The maximum atomic E-state index is 12.7. The lowest BCUT2D eigenvalue weighted by Gasteiger charge is -2.00. The zero-order chi connectivity index (χ0) is 21.3. The number of halogens is 3. The second-order valence-corrected chi connectivity index (χ2v) is 9.05. The van der Waals surface area contributed by atoms with Crippen LogP contribution in [0.15, 0.2) is 59.1 Å². The molecule has 4 rings (SSSR count). The number of nitrogens with one attached hydrogen (secondary N) is 1. The first-order valence-electron chi connectivity index (χ1n) is 8.95. The van der Waals surface area contributed by atoms with Crippen LogP contribution in [-0.4, -0.2) is 10.9 Å². The van der Waals surface area contributed by atoms with Crippen LogP contribution in [0.25, 0.3) is 11.3 Å². The number of amides is 1. The van der Waals surface area contributed by atoms with Gasteiger partial charge in [0.05, 0.1) is 5.56 Å². The van der Waals surface area contributed by atoms with E-state index in [2.05, 4.69) is 10.3 Å². The lowest BCUT2D eigenvalue weighted by atomic mass is 10.1. The fourth-order valence-electron chi connectivity index (χ4n) is 2.96. The first-order chi connectivity index (χ1) is 14.4. The number of hydrogen-bond donors (Lipinski definition) is 1. The second kappa shape index (κ2) is 8.82. The van der Waals surface area contributed by atoms with Crippen LogP contribution in [0.2, 0.25) is 15.1 Å². The van der Waals surface area contributed by atoms with Gasteiger partial charge in [-0.25, -0.2) is 4.98 Å². The van der Waals surface area contributed by atoms with E-state index in [-0.39, 0.29) is 5.91 Å². The van der Waals surface area contributed by atoms with Gasteiger partial charge in [-0.1, -0.05) is 46.9 Å². The zero-order valence-electron chi connectivity index (χ0n) is 15.7. The Morgan fingerprint density at radius 3 is 2.43 bits per heavy atom. The van der Waals surface area contributed by atoms with Crippen molar-refractivity contribution in [1.82, 2.24) is 4.98 Å². The van der Waals surface area contributed by atoms with Crippen LogP contribution in [0, 0.1) is 6.92 Å². The van der Waals surface area contributed by atoms with E-state index in [9.17, 15) is 4.79 Å². The number of carbonyl (C=O) groups is 1. The van der Waals surface area contributed by atoms with Crippen LogP contribution in [0.3, 0.4) is 0 Å². The molecule has 0 unspecified atom stereocenters. The third kappa shape index (κ3) is 4.87. The Morgan fingerprint density at radius 1 is 1.03 bits per heavy atom. The van der Waals surface area contributed by atoms with Gasteiger partial charge in [0, 0.05) is 38.1 Å². The molecule has 2 heterocycles. The Balaban J connectivity index is 1.48. The molecule has 0 atom stereocenters. The molecule has 0 bridgehead atoms. The summed E-state index contributed by atoms with van der Waals surface area (Å²) >= 11 is 19.5. The van der Waals surface area contributed by atoms with E-state index in [1.54, 1.807) is 37.4 Å². The molecule has 0 aliphatic heterocycles. The van der Waals surface area contributed by atoms with Crippen molar-refractivity contribution in [3.05, 3.63) is 91.6 Å². The molecule has 30 heavy (non-hydrogen) atoms. The monoisotopic (exact) mass is 476 g/mol. The Morgan fingerprint density at radius 2 is 1.73 bits per heavy atom. The molecule has 8 heteroatoms. The minimum Gasteiger partial charge on any atom is -0.461 e. The van der Waals surface area contributed by atoms with Gasteiger partial charge in [0.25, 0.3) is 5.91 Å². The number of aromatic nitrogens is 1. The second-order valence-electron chi connectivity index (χ2n) is 6.63. The minimum absolute atomic E-state index is 0.289. The third-order valence-corrected chi connectivity index (χ3v) is 5.98. The Hall–Kier alpha value is -2.31. The van der Waals surface area contributed by atoms with Crippen molar-refractivity contribution >= 4 is 57.2 Å². The summed E-state index contributed by atoms with van der Waals surface area (Å²) in [7, 11) is 0. The fraction of sp³-hybridized carbons (Fsp3) is 0.0909. The van der Waals surface area contributed by atoms with Crippen molar-refractivity contribution in [1.29, 1.82) is 0 Å². The number of thiazole rings is 1. The zero-order valence-corrected chi connectivity index (χ0v) is 18.8. The minimum atomic E-state index is -0.289. The van der Waals surface area contributed by atoms with E-state index in [1.807, 2.05) is 24.3 Å². The fourth-order valence-corrected chi connectivity index (χ4v) is 4.45. The van der Waals surface area contributed by atoms with Gasteiger partial charge in [-0.15, -0.1) is 11.3 Å². The van der Waals surface area contributed by atoms with Crippen molar-refractivity contribution in [2.45, 2.75) is 13.3 Å². The maximum Gasteiger partial charge on any atom is 0.261 e. The lowest BCUT2D eigenvalue weighted by molar-refractivity contribution is 0.102. The average molecular weight is 478 g/mol. The van der Waals surface area contributed by atoms with Crippen LogP contribution >= 0.6 is 46.1 Å². The molecule has 0 aliphatic carbocycles. The number of nitrogens with zero attached hydrogens (tertiary/aromatic N) is 1. The molecule has 1 amide bonds. The quantitative estimate of drug-likeness (QED) is 0.323. The van der Waals surface area contributed by atoms with Gasteiger partial charge < -0.3 is 4.42 Å². The first-order valence-corrected chi connectivity index (χ1v) is 10.9. The molecule has 0 fully saturated rings. The normalized spacial score (nSPS) is 10.9. The van der Waals surface area contributed by atoms with E-state index in [0.717, 1.165) is 16.9 Å². The topological polar surface area (TPSA) is 55.1 Å². The van der Waals surface area contributed by atoms with Gasteiger partial charge in [-0.05, 0) is 48.9 Å². The average Bonchev–Trinajstić information content (AvgIpc) is 3.29. The molecule has 0 saturated heterocycles. The summed E-state index contributed by atoms with van der Waals surface area (Å²) in [5.41, 5.74) is 2.25. The molecule has 152 valence electrons. The van der Waals surface area contributed by atoms with Crippen LogP contribution < -0.4 is 5.32 Å². The Bertz CT molecular complexity index is 1200.